The van der Waals surface area contributed by atoms with Gasteiger partial charge in [-0.1, -0.05) is 36.9 Å². The fourth-order valence-corrected chi connectivity index (χ4v) is 2.51. The minimum atomic E-state index is -1.31. The van der Waals surface area contributed by atoms with E-state index in [1.165, 1.54) is 19.1 Å². The molecule has 2 aromatic carbocycles. The minimum absolute atomic E-state index is 0.154. The molecule has 1 unspecified atom stereocenters. The first kappa shape index (κ1) is 20.3. The molecule has 5 nitrogen and oxygen atoms in total. The van der Waals surface area contributed by atoms with Crippen molar-refractivity contribution in [2.24, 2.45) is 0 Å². The molecule has 0 aliphatic carbocycles. The van der Waals surface area contributed by atoms with Crippen LogP contribution in [0.3, 0.4) is 0 Å². The second-order valence-corrected chi connectivity index (χ2v) is 6.70. The quantitative estimate of drug-likeness (QED) is 0.452. The minimum Gasteiger partial charge on any atom is -0.451 e. The predicted molar refractivity (Wildman–Crippen MR) is 98.5 cm³/mol. The zero-order valence-electron chi connectivity index (χ0n) is 15.4. The number of benzene rings is 2. The van der Waals surface area contributed by atoms with Crippen molar-refractivity contribution in [3.63, 3.8) is 0 Å². The van der Waals surface area contributed by atoms with Crippen molar-refractivity contribution < 1.29 is 28.6 Å². The van der Waals surface area contributed by atoms with E-state index in [2.05, 4.69) is 11.3 Å². The average Bonchev–Trinajstić information content (AvgIpc) is 2.60. The maximum atomic E-state index is 13.9. The molecular formula is C21H21FO5. The predicted octanol–water partition coefficient (Wildman–Crippen LogP) is 3.96. The van der Waals surface area contributed by atoms with Crippen LogP contribution in [0.25, 0.3) is 11.1 Å². The molecule has 0 saturated carbocycles. The summed E-state index contributed by atoms with van der Waals surface area (Å²) >= 11 is 0. The van der Waals surface area contributed by atoms with Crippen molar-refractivity contribution in [1.29, 1.82) is 0 Å². The number of carbonyl (C=O) groups excluding carboxylic acids is 2. The molecule has 0 spiro atoms. The molecule has 0 aromatic heterocycles. The molecule has 6 heteroatoms. The first-order chi connectivity index (χ1) is 12.6. The molecular weight excluding hydrogens is 351 g/mol. The molecule has 0 aliphatic rings. The van der Waals surface area contributed by atoms with E-state index in [4.69, 9.17) is 4.74 Å². The number of hydrogen-bond donors (Lipinski definition) is 1. The molecule has 0 fully saturated rings. The zero-order chi connectivity index (χ0) is 20.2. The Balaban J connectivity index is 2.31. The van der Waals surface area contributed by atoms with E-state index >= 15 is 0 Å². The van der Waals surface area contributed by atoms with Gasteiger partial charge in [0.2, 0.25) is 0 Å². The second kappa shape index (κ2) is 8.14. The molecule has 0 saturated heterocycles. The van der Waals surface area contributed by atoms with Crippen LogP contribution in [0, 0.1) is 5.82 Å². The summed E-state index contributed by atoms with van der Waals surface area (Å²) in [5.74, 6) is -1.41. The molecule has 0 amide bonds. The van der Waals surface area contributed by atoms with Gasteiger partial charge in [-0.25, -0.2) is 9.18 Å². The third kappa shape index (κ3) is 5.01. The Labute approximate surface area is 157 Å². The maximum absolute atomic E-state index is 13.9. The van der Waals surface area contributed by atoms with Gasteiger partial charge >= 0.3 is 5.97 Å². The smallest absolute Gasteiger partial charge is 0.333 e. The van der Waals surface area contributed by atoms with E-state index in [9.17, 15) is 19.1 Å². The summed E-state index contributed by atoms with van der Waals surface area (Å²) in [5.41, 5.74) is 0.787. The number of hydrogen-bond acceptors (Lipinski definition) is 5. The van der Waals surface area contributed by atoms with Crippen molar-refractivity contribution in [1.82, 2.24) is 0 Å². The summed E-state index contributed by atoms with van der Waals surface area (Å²) < 4.78 is 23.8. The van der Waals surface area contributed by atoms with Crippen LogP contribution in [0.4, 0.5) is 4.39 Å². The monoisotopic (exact) mass is 372 g/mol. The lowest BCUT2D eigenvalue weighted by Gasteiger charge is -2.29. The van der Waals surface area contributed by atoms with Crippen LogP contribution in [0.2, 0.25) is 0 Å². The molecule has 0 radical (unpaired) electrons. The Kier molecular flexibility index (Phi) is 6.13. The van der Waals surface area contributed by atoms with E-state index in [0.29, 0.717) is 16.7 Å². The highest BCUT2D eigenvalue weighted by atomic mass is 19.1. The number of ether oxygens (including phenoxy) is 2. The molecule has 1 N–H and O–H groups in total. The van der Waals surface area contributed by atoms with Crippen LogP contribution in [0.5, 0.6) is 5.75 Å². The van der Waals surface area contributed by atoms with Gasteiger partial charge in [-0.2, -0.15) is 0 Å². The lowest BCUT2D eigenvalue weighted by molar-refractivity contribution is -0.158. The standard InChI is InChI=1S/C21H21FO5/c1-13(2)20(24)27-19(21(3,4)25)15-7-5-14(6-8-15)16-9-10-18(26-12-23)17(22)11-16/h5-12,19,25H,1H2,2-4H3. The summed E-state index contributed by atoms with van der Waals surface area (Å²) in [6.07, 6.45) is -0.893. The van der Waals surface area contributed by atoms with Crippen LogP contribution < -0.4 is 4.74 Å². The van der Waals surface area contributed by atoms with E-state index in [1.807, 2.05) is 0 Å². The number of aliphatic hydroxyl groups is 1. The molecule has 0 bridgehead atoms. The van der Waals surface area contributed by atoms with Gasteiger partial charge in [-0.15, -0.1) is 0 Å². The Hall–Kier alpha value is -2.99. The summed E-state index contributed by atoms with van der Waals surface area (Å²) in [6.45, 7) is 8.31. The first-order valence-electron chi connectivity index (χ1n) is 8.22. The van der Waals surface area contributed by atoms with Gasteiger partial charge in [0.05, 0.1) is 0 Å². The second-order valence-electron chi connectivity index (χ2n) is 6.70. The Morgan fingerprint density at radius 3 is 2.26 bits per heavy atom. The van der Waals surface area contributed by atoms with E-state index in [-0.39, 0.29) is 17.8 Å². The van der Waals surface area contributed by atoms with Crippen LogP contribution in [0.15, 0.2) is 54.6 Å². The van der Waals surface area contributed by atoms with Crippen LogP contribution in [-0.4, -0.2) is 23.1 Å². The maximum Gasteiger partial charge on any atom is 0.333 e. The largest absolute Gasteiger partial charge is 0.451 e. The van der Waals surface area contributed by atoms with Gasteiger partial charge in [0, 0.05) is 5.57 Å². The summed E-state index contributed by atoms with van der Waals surface area (Å²) in [5, 5.41) is 10.4. The Bertz CT molecular complexity index is 850. The summed E-state index contributed by atoms with van der Waals surface area (Å²) in [7, 11) is 0. The molecule has 1 atom stereocenters. The van der Waals surface area contributed by atoms with E-state index in [1.54, 1.807) is 44.2 Å². The fraction of sp³-hybridized carbons (Fsp3) is 0.238. The Morgan fingerprint density at radius 2 is 1.78 bits per heavy atom. The van der Waals surface area contributed by atoms with Gasteiger partial charge in [0.15, 0.2) is 17.7 Å². The fourth-order valence-electron chi connectivity index (χ4n) is 2.51. The van der Waals surface area contributed by atoms with Crippen LogP contribution in [0.1, 0.15) is 32.4 Å². The topological polar surface area (TPSA) is 72.8 Å². The number of halogens is 1. The highest BCUT2D eigenvalue weighted by Crippen LogP contribution is 2.32. The molecule has 0 aliphatic heterocycles. The van der Waals surface area contributed by atoms with Crippen molar-refractivity contribution >= 4 is 12.4 Å². The van der Waals surface area contributed by atoms with E-state index in [0.717, 1.165) is 0 Å². The SMILES string of the molecule is C=C(C)C(=O)OC(c1ccc(-c2ccc(OC=O)c(F)c2)cc1)C(C)(C)O. The van der Waals surface area contributed by atoms with Gasteiger partial charge in [-0.05, 0) is 49.6 Å². The lowest BCUT2D eigenvalue weighted by atomic mass is 9.93. The number of rotatable bonds is 7. The van der Waals surface area contributed by atoms with E-state index < -0.39 is 23.5 Å². The first-order valence-corrected chi connectivity index (χ1v) is 8.22. The van der Waals surface area contributed by atoms with Crippen molar-refractivity contribution in [3.8, 4) is 16.9 Å². The molecule has 142 valence electrons. The van der Waals surface area contributed by atoms with Gasteiger partial charge < -0.3 is 14.6 Å². The number of carbonyl (C=O) groups is 2. The third-order valence-electron chi connectivity index (χ3n) is 3.87. The lowest BCUT2D eigenvalue weighted by Crippen LogP contribution is -2.32. The highest BCUT2D eigenvalue weighted by molar-refractivity contribution is 5.87. The van der Waals surface area contributed by atoms with Gasteiger partial charge in [0.25, 0.3) is 6.47 Å². The van der Waals surface area contributed by atoms with Crippen LogP contribution in [-0.2, 0) is 14.3 Å². The Morgan fingerprint density at radius 1 is 1.19 bits per heavy atom. The summed E-state index contributed by atoms with van der Waals surface area (Å²) in [6, 6.07) is 11.1. The molecule has 0 heterocycles. The van der Waals surface area contributed by atoms with Gasteiger partial charge in [-0.3, -0.25) is 4.79 Å². The van der Waals surface area contributed by atoms with Gasteiger partial charge in [0.1, 0.15) is 5.60 Å². The van der Waals surface area contributed by atoms with Crippen molar-refractivity contribution in [3.05, 3.63) is 66.0 Å². The van der Waals surface area contributed by atoms with Crippen molar-refractivity contribution in [2.75, 3.05) is 0 Å². The van der Waals surface area contributed by atoms with Crippen LogP contribution >= 0.6 is 0 Å². The molecule has 2 rings (SSSR count). The molecule has 2 aromatic rings. The highest BCUT2D eigenvalue weighted by Gasteiger charge is 2.32. The summed E-state index contributed by atoms with van der Waals surface area (Å²) in [4.78, 5) is 22.2. The zero-order valence-corrected chi connectivity index (χ0v) is 15.4. The third-order valence-corrected chi connectivity index (χ3v) is 3.87. The number of esters is 1. The average molecular weight is 372 g/mol. The molecule has 27 heavy (non-hydrogen) atoms. The normalized spacial score (nSPS) is 12.2. The van der Waals surface area contributed by atoms with Crippen molar-refractivity contribution in [2.45, 2.75) is 32.5 Å².